The van der Waals surface area contributed by atoms with Crippen LogP contribution in [0.2, 0.25) is 0 Å². The second kappa shape index (κ2) is 2.85. The van der Waals surface area contributed by atoms with E-state index >= 15 is 0 Å². The third-order valence-electron chi connectivity index (χ3n) is 2.36. The summed E-state index contributed by atoms with van der Waals surface area (Å²) in [4.78, 5) is 11.5. The maximum atomic E-state index is 11.5. The molecule has 0 radical (unpaired) electrons. The third-order valence-corrected chi connectivity index (χ3v) is 2.36. The standard InChI is InChI=1S/C10H11NO2/c1-13-7-3-2-6-4-9(11)10(12)8(6)5-7/h2-3,5,9H,4,11H2,1H3. The number of methoxy groups -OCH3 is 1. The van der Waals surface area contributed by atoms with Crippen molar-refractivity contribution in [1.29, 1.82) is 0 Å². The molecule has 0 saturated heterocycles. The summed E-state index contributed by atoms with van der Waals surface area (Å²) in [5.41, 5.74) is 7.37. The summed E-state index contributed by atoms with van der Waals surface area (Å²) in [5.74, 6) is 0.732. The summed E-state index contributed by atoms with van der Waals surface area (Å²) >= 11 is 0. The van der Waals surface area contributed by atoms with Crippen molar-refractivity contribution in [2.24, 2.45) is 5.73 Å². The Hall–Kier alpha value is -1.35. The van der Waals surface area contributed by atoms with Crippen LogP contribution in [0, 0.1) is 0 Å². The lowest BCUT2D eigenvalue weighted by Crippen LogP contribution is -2.26. The summed E-state index contributed by atoms with van der Waals surface area (Å²) in [5, 5.41) is 0. The molecule has 0 bridgehead atoms. The second-order valence-electron chi connectivity index (χ2n) is 3.20. The Bertz CT molecular complexity index is 360. The summed E-state index contributed by atoms with van der Waals surface area (Å²) < 4.78 is 5.03. The maximum absolute atomic E-state index is 11.5. The van der Waals surface area contributed by atoms with E-state index in [2.05, 4.69) is 0 Å². The van der Waals surface area contributed by atoms with Crippen LogP contribution in [0.3, 0.4) is 0 Å². The van der Waals surface area contributed by atoms with Crippen LogP contribution in [0.1, 0.15) is 15.9 Å². The predicted molar refractivity (Wildman–Crippen MR) is 49.0 cm³/mol. The van der Waals surface area contributed by atoms with Gasteiger partial charge in [0.1, 0.15) is 5.75 Å². The lowest BCUT2D eigenvalue weighted by Gasteiger charge is -2.01. The van der Waals surface area contributed by atoms with Crippen LogP contribution in [0.4, 0.5) is 0 Å². The normalized spacial score (nSPS) is 20.2. The molecule has 0 aliphatic heterocycles. The molecule has 0 heterocycles. The highest BCUT2D eigenvalue weighted by atomic mass is 16.5. The number of rotatable bonds is 1. The smallest absolute Gasteiger partial charge is 0.180 e. The van der Waals surface area contributed by atoms with Gasteiger partial charge in [-0.3, -0.25) is 4.79 Å². The highest BCUT2D eigenvalue weighted by Crippen LogP contribution is 2.25. The van der Waals surface area contributed by atoms with Gasteiger partial charge in [-0.05, 0) is 24.1 Å². The first kappa shape index (κ1) is 8.26. The van der Waals surface area contributed by atoms with Gasteiger partial charge in [-0.15, -0.1) is 0 Å². The molecule has 0 saturated carbocycles. The molecule has 13 heavy (non-hydrogen) atoms. The summed E-state index contributed by atoms with van der Waals surface area (Å²) in [6, 6.07) is 5.15. The molecule has 0 aromatic heterocycles. The van der Waals surface area contributed by atoms with E-state index in [0.29, 0.717) is 17.7 Å². The number of fused-ring (bicyclic) bond motifs is 1. The molecule has 1 unspecified atom stereocenters. The minimum atomic E-state index is -0.359. The lowest BCUT2D eigenvalue weighted by atomic mass is 10.1. The largest absolute Gasteiger partial charge is 0.497 e. The van der Waals surface area contributed by atoms with Crippen LogP contribution < -0.4 is 10.5 Å². The molecule has 3 nitrogen and oxygen atoms in total. The van der Waals surface area contributed by atoms with Gasteiger partial charge in [0.25, 0.3) is 0 Å². The third kappa shape index (κ3) is 1.21. The van der Waals surface area contributed by atoms with Crippen LogP contribution in [0.25, 0.3) is 0 Å². The van der Waals surface area contributed by atoms with Crippen LogP contribution in [0.5, 0.6) is 5.75 Å². The van der Waals surface area contributed by atoms with Crippen molar-refractivity contribution >= 4 is 5.78 Å². The van der Waals surface area contributed by atoms with Crippen LogP contribution in [-0.2, 0) is 6.42 Å². The van der Waals surface area contributed by atoms with Gasteiger partial charge in [-0.1, -0.05) is 6.07 Å². The maximum Gasteiger partial charge on any atom is 0.180 e. The number of carbonyl (C=O) groups is 1. The molecule has 2 rings (SSSR count). The Kier molecular flexibility index (Phi) is 1.81. The van der Waals surface area contributed by atoms with Crippen LogP contribution in [0.15, 0.2) is 18.2 Å². The van der Waals surface area contributed by atoms with Crippen LogP contribution in [-0.4, -0.2) is 18.9 Å². The van der Waals surface area contributed by atoms with Crippen LogP contribution >= 0.6 is 0 Å². The number of ether oxygens (including phenoxy) is 1. The average Bonchev–Trinajstić information content (AvgIpc) is 2.43. The minimum Gasteiger partial charge on any atom is -0.497 e. The number of hydrogen-bond acceptors (Lipinski definition) is 3. The van der Waals surface area contributed by atoms with Gasteiger partial charge in [0.05, 0.1) is 13.2 Å². The molecule has 2 N–H and O–H groups in total. The molecular weight excluding hydrogens is 166 g/mol. The van der Waals surface area contributed by atoms with Gasteiger partial charge in [0.2, 0.25) is 0 Å². The fraction of sp³-hybridized carbons (Fsp3) is 0.300. The van der Waals surface area contributed by atoms with Crippen molar-refractivity contribution in [2.75, 3.05) is 7.11 Å². The highest BCUT2D eigenvalue weighted by molar-refractivity contribution is 6.04. The van der Waals surface area contributed by atoms with Crippen molar-refractivity contribution in [3.63, 3.8) is 0 Å². The van der Waals surface area contributed by atoms with E-state index in [1.54, 1.807) is 13.2 Å². The summed E-state index contributed by atoms with van der Waals surface area (Å²) in [7, 11) is 1.58. The van der Waals surface area contributed by atoms with Crippen molar-refractivity contribution in [1.82, 2.24) is 0 Å². The first-order valence-corrected chi connectivity index (χ1v) is 4.19. The number of nitrogens with two attached hydrogens (primary N) is 1. The fourth-order valence-corrected chi connectivity index (χ4v) is 1.62. The molecule has 1 aromatic carbocycles. The summed E-state index contributed by atoms with van der Waals surface area (Å²) in [6.45, 7) is 0. The molecular formula is C10H11NO2. The Labute approximate surface area is 76.5 Å². The van der Waals surface area contributed by atoms with E-state index in [9.17, 15) is 4.79 Å². The monoisotopic (exact) mass is 177 g/mol. The average molecular weight is 177 g/mol. The summed E-state index contributed by atoms with van der Waals surface area (Å²) in [6.07, 6.45) is 0.651. The molecule has 1 atom stereocenters. The first-order chi connectivity index (χ1) is 6.22. The zero-order valence-electron chi connectivity index (χ0n) is 7.41. The number of hydrogen-bond donors (Lipinski definition) is 1. The molecule has 1 aromatic rings. The lowest BCUT2D eigenvalue weighted by molar-refractivity contribution is 0.0974. The number of benzene rings is 1. The van der Waals surface area contributed by atoms with Gasteiger partial charge in [0.15, 0.2) is 5.78 Å². The van der Waals surface area contributed by atoms with E-state index in [1.165, 1.54) is 0 Å². The zero-order valence-corrected chi connectivity index (χ0v) is 7.41. The number of carbonyl (C=O) groups excluding carboxylic acids is 1. The first-order valence-electron chi connectivity index (χ1n) is 4.19. The van der Waals surface area contributed by atoms with Crippen molar-refractivity contribution < 1.29 is 9.53 Å². The van der Waals surface area contributed by atoms with Crippen molar-refractivity contribution in [3.05, 3.63) is 29.3 Å². The molecule has 1 aliphatic rings. The Balaban J connectivity index is 2.48. The molecule has 0 spiro atoms. The van der Waals surface area contributed by atoms with E-state index in [1.807, 2.05) is 12.1 Å². The van der Waals surface area contributed by atoms with Crippen molar-refractivity contribution in [2.45, 2.75) is 12.5 Å². The Morgan fingerprint density at radius 3 is 3.00 bits per heavy atom. The Morgan fingerprint density at radius 1 is 1.54 bits per heavy atom. The Morgan fingerprint density at radius 2 is 2.31 bits per heavy atom. The molecule has 68 valence electrons. The van der Waals surface area contributed by atoms with E-state index in [0.717, 1.165) is 5.56 Å². The number of ketones is 1. The van der Waals surface area contributed by atoms with Gasteiger partial charge < -0.3 is 10.5 Å². The fourth-order valence-electron chi connectivity index (χ4n) is 1.62. The quantitative estimate of drug-likeness (QED) is 0.689. The van der Waals surface area contributed by atoms with Gasteiger partial charge >= 0.3 is 0 Å². The second-order valence-corrected chi connectivity index (χ2v) is 3.20. The predicted octanol–water partition coefficient (Wildman–Crippen LogP) is 0.761. The van der Waals surface area contributed by atoms with Crippen molar-refractivity contribution in [3.8, 4) is 5.75 Å². The topological polar surface area (TPSA) is 52.3 Å². The molecule has 3 heteroatoms. The zero-order chi connectivity index (χ0) is 9.42. The molecule has 0 amide bonds. The van der Waals surface area contributed by atoms with E-state index < -0.39 is 0 Å². The van der Waals surface area contributed by atoms with Gasteiger partial charge in [-0.2, -0.15) is 0 Å². The minimum absolute atomic E-state index is 0.0221. The highest BCUT2D eigenvalue weighted by Gasteiger charge is 2.27. The van der Waals surface area contributed by atoms with E-state index in [4.69, 9.17) is 10.5 Å². The molecule has 1 aliphatic carbocycles. The number of Topliss-reactive ketones (excluding diaryl/α,β-unsaturated/α-hetero) is 1. The van der Waals surface area contributed by atoms with E-state index in [-0.39, 0.29) is 11.8 Å². The SMILES string of the molecule is COc1ccc2c(c1)C(=O)C(N)C2. The molecule has 0 fully saturated rings. The van der Waals surface area contributed by atoms with Gasteiger partial charge in [-0.25, -0.2) is 0 Å². The van der Waals surface area contributed by atoms with Gasteiger partial charge in [0, 0.05) is 5.56 Å².